The molecule has 96 valence electrons. The minimum atomic E-state index is -3.69. The van der Waals surface area contributed by atoms with Gasteiger partial charge in [-0.1, -0.05) is 15.9 Å². The summed E-state index contributed by atoms with van der Waals surface area (Å²) in [4.78, 5) is 0.143. The number of hydrogen-bond donors (Lipinski definition) is 0. The predicted octanol–water partition coefficient (Wildman–Crippen LogP) is 2.58. The number of halogens is 1. The van der Waals surface area contributed by atoms with Crippen molar-refractivity contribution in [3.63, 3.8) is 0 Å². The van der Waals surface area contributed by atoms with Crippen LogP contribution in [0, 0.1) is 0 Å². The van der Waals surface area contributed by atoms with Crippen LogP contribution in [-0.2, 0) is 19.0 Å². The molecule has 0 aliphatic rings. The lowest BCUT2D eigenvalue weighted by molar-refractivity contribution is 0.0420. The van der Waals surface area contributed by atoms with Crippen molar-refractivity contribution in [3.05, 3.63) is 28.7 Å². The quantitative estimate of drug-likeness (QED) is 0.755. The smallest absolute Gasteiger partial charge is 0.297 e. The van der Waals surface area contributed by atoms with Crippen molar-refractivity contribution in [2.75, 3.05) is 13.2 Å². The molecule has 0 aromatic heterocycles. The summed E-state index contributed by atoms with van der Waals surface area (Å²) in [5.74, 6) is 0. The normalized spacial score (nSPS) is 13.6. The minimum Gasteiger partial charge on any atom is -0.376 e. The molecule has 1 aromatic rings. The van der Waals surface area contributed by atoms with E-state index in [-0.39, 0.29) is 17.6 Å². The van der Waals surface area contributed by atoms with Gasteiger partial charge in [0.25, 0.3) is 10.1 Å². The van der Waals surface area contributed by atoms with E-state index < -0.39 is 10.1 Å². The molecule has 0 aliphatic carbocycles. The molecule has 1 unspecified atom stereocenters. The van der Waals surface area contributed by atoms with Gasteiger partial charge in [0.2, 0.25) is 0 Å². The van der Waals surface area contributed by atoms with Crippen molar-refractivity contribution < 1.29 is 17.3 Å². The molecule has 1 aromatic carbocycles. The number of rotatable bonds is 6. The summed E-state index contributed by atoms with van der Waals surface area (Å²) in [7, 11) is -3.69. The zero-order valence-corrected chi connectivity index (χ0v) is 12.1. The van der Waals surface area contributed by atoms with Gasteiger partial charge in [0, 0.05) is 11.1 Å². The standard InChI is InChI=1S/C11H15BrO4S/c1-3-15-9(2)8-16-17(13,14)11-6-4-10(12)5-7-11/h4-7,9H,3,8H2,1-2H3. The largest absolute Gasteiger partial charge is 0.376 e. The van der Waals surface area contributed by atoms with E-state index in [1.165, 1.54) is 12.1 Å². The lowest BCUT2D eigenvalue weighted by Gasteiger charge is -2.11. The number of benzene rings is 1. The molecule has 0 spiro atoms. The summed E-state index contributed by atoms with van der Waals surface area (Å²) >= 11 is 3.24. The zero-order valence-electron chi connectivity index (χ0n) is 9.72. The molecule has 6 heteroatoms. The van der Waals surface area contributed by atoms with Gasteiger partial charge in [-0.15, -0.1) is 0 Å². The molecule has 0 saturated heterocycles. The van der Waals surface area contributed by atoms with Gasteiger partial charge in [0.15, 0.2) is 0 Å². The molecule has 0 heterocycles. The van der Waals surface area contributed by atoms with Crippen LogP contribution >= 0.6 is 15.9 Å². The highest BCUT2D eigenvalue weighted by atomic mass is 79.9. The highest BCUT2D eigenvalue weighted by Crippen LogP contribution is 2.16. The third kappa shape index (κ3) is 4.75. The predicted molar refractivity (Wildman–Crippen MR) is 68.4 cm³/mol. The molecular formula is C11H15BrO4S. The van der Waals surface area contributed by atoms with Crippen LogP contribution in [-0.4, -0.2) is 27.7 Å². The Hall–Kier alpha value is -0.430. The maximum Gasteiger partial charge on any atom is 0.297 e. The fourth-order valence-corrected chi connectivity index (χ4v) is 2.43. The summed E-state index contributed by atoms with van der Waals surface area (Å²) < 4.78 is 34.4. The second-order valence-corrected chi connectivity index (χ2v) is 5.99. The van der Waals surface area contributed by atoms with Gasteiger partial charge in [-0.2, -0.15) is 8.42 Å². The van der Waals surface area contributed by atoms with E-state index in [2.05, 4.69) is 15.9 Å². The summed E-state index contributed by atoms with van der Waals surface area (Å²) in [6, 6.07) is 6.29. The van der Waals surface area contributed by atoms with Gasteiger partial charge in [-0.05, 0) is 38.1 Å². The topological polar surface area (TPSA) is 52.6 Å². The second-order valence-electron chi connectivity index (χ2n) is 3.46. The fourth-order valence-electron chi connectivity index (χ4n) is 1.19. The van der Waals surface area contributed by atoms with Crippen LogP contribution in [0.3, 0.4) is 0 Å². The van der Waals surface area contributed by atoms with Gasteiger partial charge in [-0.25, -0.2) is 0 Å². The van der Waals surface area contributed by atoms with E-state index in [9.17, 15) is 8.42 Å². The molecule has 4 nitrogen and oxygen atoms in total. The molecular weight excluding hydrogens is 308 g/mol. The molecule has 0 saturated carbocycles. The van der Waals surface area contributed by atoms with E-state index in [0.29, 0.717) is 6.61 Å². The molecule has 1 rings (SSSR count). The molecule has 0 fully saturated rings. The number of ether oxygens (including phenoxy) is 1. The van der Waals surface area contributed by atoms with Crippen molar-refractivity contribution in [2.24, 2.45) is 0 Å². The van der Waals surface area contributed by atoms with E-state index in [4.69, 9.17) is 8.92 Å². The number of hydrogen-bond acceptors (Lipinski definition) is 4. The van der Waals surface area contributed by atoms with Crippen molar-refractivity contribution in [1.29, 1.82) is 0 Å². The van der Waals surface area contributed by atoms with Crippen molar-refractivity contribution in [3.8, 4) is 0 Å². The van der Waals surface area contributed by atoms with Crippen LogP contribution < -0.4 is 0 Å². The Balaban J connectivity index is 2.66. The van der Waals surface area contributed by atoms with Crippen LogP contribution in [0.5, 0.6) is 0 Å². The van der Waals surface area contributed by atoms with Crippen LogP contribution in [0.2, 0.25) is 0 Å². The van der Waals surface area contributed by atoms with Crippen LogP contribution in [0.1, 0.15) is 13.8 Å². The maximum absolute atomic E-state index is 11.8. The Kier molecular flexibility index (Phi) is 5.58. The average Bonchev–Trinajstić information content (AvgIpc) is 2.28. The van der Waals surface area contributed by atoms with Crippen molar-refractivity contribution >= 4 is 26.0 Å². The molecule has 0 bridgehead atoms. The van der Waals surface area contributed by atoms with Crippen LogP contribution in [0.25, 0.3) is 0 Å². The Morgan fingerprint density at radius 1 is 1.29 bits per heavy atom. The average molecular weight is 323 g/mol. The highest BCUT2D eigenvalue weighted by molar-refractivity contribution is 9.10. The van der Waals surface area contributed by atoms with Crippen molar-refractivity contribution in [1.82, 2.24) is 0 Å². The van der Waals surface area contributed by atoms with E-state index in [1.54, 1.807) is 19.1 Å². The summed E-state index contributed by atoms with van der Waals surface area (Å²) in [6.45, 7) is 4.16. The van der Waals surface area contributed by atoms with Gasteiger partial charge >= 0.3 is 0 Å². The first-order chi connectivity index (χ1) is 7.95. The molecule has 1 atom stereocenters. The second kappa shape index (κ2) is 6.49. The first-order valence-electron chi connectivity index (χ1n) is 5.22. The van der Waals surface area contributed by atoms with Crippen LogP contribution in [0.4, 0.5) is 0 Å². The first kappa shape index (κ1) is 14.6. The Morgan fingerprint density at radius 3 is 2.41 bits per heavy atom. The Morgan fingerprint density at radius 2 is 1.88 bits per heavy atom. The van der Waals surface area contributed by atoms with E-state index >= 15 is 0 Å². The van der Waals surface area contributed by atoms with Gasteiger partial charge < -0.3 is 4.74 Å². The SMILES string of the molecule is CCOC(C)COS(=O)(=O)c1ccc(Br)cc1. The Labute approximate surface area is 110 Å². The zero-order chi connectivity index (χ0) is 12.9. The summed E-state index contributed by atoms with van der Waals surface area (Å²) in [6.07, 6.45) is -0.245. The third-order valence-corrected chi connectivity index (χ3v) is 3.84. The summed E-state index contributed by atoms with van der Waals surface area (Å²) in [5, 5.41) is 0. The van der Waals surface area contributed by atoms with Crippen molar-refractivity contribution in [2.45, 2.75) is 24.8 Å². The monoisotopic (exact) mass is 322 g/mol. The van der Waals surface area contributed by atoms with E-state index in [1.807, 2.05) is 6.92 Å². The van der Waals surface area contributed by atoms with Gasteiger partial charge in [-0.3, -0.25) is 4.18 Å². The lowest BCUT2D eigenvalue weighted by Crippen LogP contribution is -2.19. The molecule has 0 N–H and O–H groups in total. The lowest BCUT2D eigenvalue weighted by atomic mass is 10.4. The highest BCUT2D eigenvalue weighted by Gasteiger charge is 2.16. The Bertz CT molecular complexity index is 441. The molecule has 17 heavy (non-hydrogen) atoms. The van der Waals surface area contributed by atoms with E-state index in [0.717, 1.165) is 4.47 Å². The minimum absolute atomic E-state index is 0.0201. The van der Waals surface area contributed by atoms with Gasteiger partial charge in [0.1, 0.15) is 0 Å². The summed E-state index contributed by atoms with van der Waals surface area (Å²) in [5.41, 5.74) is 0. The van der Waals surface area contributed by atoms with Gasteiger partial charge in [0.05, 0.1) is 17.6 Å². The third-order valence-electron chi connectivity index (χ3n) is 2.01. The molecule has 0 aliphatic heterocycles. The van der Waals surface area contributed by atoms with Crippen LogP contribution in [0.15, 0.2) is 33.6 Å². The molecule has 0 radical (unpaired) electrons. The molecule has 0 amide bonds. The first-order valence-corrected chi connectivity index (χ1v) is 7.42. The maximum atomic E-state index is 11.8. The fraction of sp³-hybridized carbons (Fsp3) is 0.455.